The van der Waals surface area contributed by atoms with Crippen LogP contribution in [0.15, 0.2) is 77.3 Å². The van der Waals surface area contributed by atoms with E-state index in [-0.39, 0.29) is 6.61 Å². The summed E-state index contributed by atoms with van der Waals surface area (Å²) in [5, 5.41) is 21.8. The SMILES string of the molecule is CCn1c(SCC(O)COc2ccc(-c3ccccc3)cc2)nnc1-c1cccs1. The van der Waals surface area contributed by atoms with Crippen LogP contribution in [-0.2, 0) is 6.54 Å². The normalized spacial score (nSPS) is 12.1. The molecule has 0 aliphatic heterocycles. The maximum atomic E-state index is 10.4. The van der Waals surface area contributed by atoms with E-state index < -0.39 is 6.10 Å². The van der Waals surface area contributed by atoms with Crippen molar-refractivity contribution in [2.24, 2.45) is 0 Å². The van der Waals surface area contributed by atoms with Gasteiger partial charge in [-0.2, -0.15) is 0 Å². The molecule has 2 heterocycles. The van der Waals surface area contributed by atoms with Gasteiger partial charge in [-0.1, -0.05) is 60.3 Å². The number of benzene rings is 2. The van der Waals surface area contributed by atoms with Crippen LogP contribution in [0.5, 0.6) is 5.75 Å². The van der Waals surface area contributed by atoms with Crippen molar-refractivity contribution >= 4 is 23.1 Å². The van der Waals surface area contributed by atoms with Crippen molar-refractivity contribution in [2.45, 2.75) is 24.7 Å². The van der Waals surface area contributed by atoms with Crippen LogP contribution >= 0.6 is 23.1 Å². The molecule has 30 heavy (non-hydrogen) atoms. The van der Waals surface area contributed by atoms with Crippen molar-refractivity contribution in [3.63, 3.8) is 0 Å². The summed E-state index contributed by atoms with van der Waals surface area (Å²) in [5.74, 6) is 2.11. The fourth-order valence-corrected chi connectivity index (χ4v) is 4.68. The highest BCUT2D eigenvalue weighted by atomic mass is 32.2. The van der Waals surface area contributed by atoms with E-state index in [1.165, 1.54) is 17.3 Å². The van der Waals surface area contributed by atoms with Gasteiger partial charge < -0.3 is 14.4 Å². The number of nitrogens with zero attached hydrogens (tertiary/aromatic N) is 3. The predicted molar refractivity (Wildman–Crippen MR) is 123 cm³/mol. The number of aliphatic hydroxyl groups excluding tert-OH is 1. The molecular weight excluding hydrogens is 414 g/mol. The summed E-state index contributed by atoms with van der Waals surface area (Å²) < 4.78 is 7.84. The highest BCUT2D eigenvalue weighted by Crippen LogP contribution is 2.27. The van der Waals surface area contributed by atoms with Gasteiger partial charge in [0.1, 0.15) is 12.4 Å². The van der Waals surface area contributed by atoms with E-state index in [0.717, 1.165) is 33.7 Å². The van der Waals surface area contributed by atoms with Crippen LogP contribution in [0.3, 0.4) is 0 Å². The molecule has 0 fully saturated rings. The molecule has 0 spiro atoms. The summed E-state index contributed by atoms with van der Waals surface area (Å²) >= 11 is 3.14. The fraction of sp³-hybridized carbons (Fsp3) is 0.217. The number of rotatable bonds is 9. The molecule has 1 unspecified atom stereocenters. The lowest BCUT2D eigenvalue weighted by Crippen LogP contribution is -2.20. The second kappa shape index (κ2) is 9.93. The highest BCUT2D eigenvalue weighted by Gasteiger charge is 2.15. The second-order valence-electron chi connectivity index (χ2n) is 6.69. The van der Waals surface area contributed by atoms with Gasteiger partial charge in [-0.05, 0) is 41.6 Å². The molecule has 4 aromatic rings. The Morgan fingerprint density at radius 3 is 2.47 bits per heavy atom. The van der Waals surface area contributed by atoms with E-state index >= 15 is 0 Å². The minimum Gasteiger partial charge on any atom is -0.491 e. The first-order valence-corrected chi connectivity index (χ1v) is 11.7. The molecule has 2 aromatic heterocycles. The number of thiophene rings is 1. The van der Waals surface area contributed by atoms with Crippen molar-refractivity contribution < 1.29 is 9.84 Å². The van der Waals surface area contributed by atoms with Gasteiger partial charge in [0.05, 0.1) is 11.0 Å². The van der Waals surface area contributed by atoms with Crippen LogP contribution in [0.1, 0.15) is 6.92 Å². The van der Waals surface area contributed by atoms with E-state index in [1.54, 1.807) is 11.3 Å². The summed E-state index contributed by atoms with van der Waals surface area (Å²) in [6.07, 6.45) is -0.601. The molecule has 1 N–H and O–H groups in total. The van der Waals surface area contributed by atoms with Gasteiger partial charge in [0.15, 0.2) is 11.0 Å². The van der Waals surface area contributed by atoms with Crippen molar-refractivity contribution in [1.29, 1.82) is 0 Å². The van der Waals surface area contributed by atoms with E-state index in [2.05, 4.69) is 33.8 Å². The average molecular weight is 438 g/mol. The van der Waals surface area contributed by atoms with Crippen LogP contribution in [0.4, 0.5) is 0 Å². The van der Waals surface area contributed by atoms with Crippen LogP contribution < -0.4 is 4.74 Å². The van der Waals surface area contributed by atoms with Crippen molar-refractivity contribution in [2.75, 3.05) is 12.4 Å². The van der Waals surface area contributed by atoms with E-state index in [1.807, 2.05) is 60.0 Å². The molecule has 0 aliphatic carbocycles. The summed E-state index contributed by atoms with van der Waals surface area (Å²) in [6, 6.07) is 22.2. The molecule has 0 saturated carbocycles. The largest absolute Gasteiger partial charge is 0.491 e. The van der Waals surface area contributed by atoms with Crippen molar-refractivity contribution in [3.8, 4) is 27.6 Å². The lowest BCUT2D eigenvalue weighted by molar-refractivity contribution is 0.126. The molecule has 7 heteroatoms. The van der Waals surface area contributed by atoms with Crippen LogP contribution in [0.25, 0.3) is 21.8 Å². The zero-order valence-electron chi connectivity index (χ0n) is 16.6. The minimum absolute atomic E-state index is 0.232. The lowest BCUT2D eigenvalue weighted by atomic mass is 10.1. The maximum absolute atomic E-state index is 10.4. The molecule has 5 nitrogen and oxygen atoms in total. The van der Waals surface area contributed by atoms with Crippen LogP contribution in [0.2, 0.25) is 0 Å². The van der Waals surface area contributed by atoms with Gasteiger partial charge in [0, 0.05) is 12.3 Å². The van der Waals surface area contributed by atoms with E-state index in [0.29, 0.717) is 5.75 Å². The molecule has 2 aromatic carbocycles. The average Bonchev–Trinajstić information content (AvgIpc) is 3.46. The Hall–Kier alpha value is -2.61. The predicted octanol–water partition coefficient (Wildman–Crippen LogP) is 5.23. The zero-order chi connectivity index (χ0) is 20.8. The summed E-state index contributed by atoms with van der Waals surface area (Å²) in [4.78, 5) is 1.10. The summed E-state index contributed by atoms with van der Waals surface area (Å²) in [6.45, 7) is 3.09. The Morgan fingerprint density at radius 1 is 1.00 bits per heavy atom. The molecule has 154 valence electrons. The Morgan fingerprint density at radius 2 is 1.77 bits per heavy atom. The standard InChI is InChI=1S/C23H23N3O2S2/c1-2-26-22(21-9-6-14-29-21)24-25-23(26)30-16-19(27)15-28-20-12-10-18(11-13-20)17-7-4-3-5-8-17/h3-14,19,27H,2,15-16H2,1H3. The quantitative estimate of drug-likeness (QED) is 0.364. The van der Waals surface area contributed by atoms with Gasteiger partial charge in [-0.15, -0.1) is 21.5 Å². The summed E-state index contributed by atoms with van der Waals surface area (Å²) in [5.41, 5.74) is 2.31. The second-order valence-corrected chi connectivity index (χ2v) is 8.63. The smallest absolute Gasteiger partial charge is 0.191 e. The Kier molecular flexibility index (Phi) is 6.84. The van der Waals surface area contributed by atoms with E-state index in [4.69, 9.17) is 4.74 Å². The fourth-order valence-electron chi connectivity index (χ4n) is 3.05. The Balaban J connectivity index is 1.30. The third kappa shape index (κ3) is 4.92. The first-order chi connectivity index (χ1) is 14.7. The molecule has 0 amide bonds. The zero-order valence-corrected chi connectivity index (χ0v) is 18.3. The number of thioether (sulfide) groups is 1. The first-order valence-electron chi connectivity index (χ1n) is 9.81. The van der Waals surface area contributed by atoms with Gasteiger partial charge in [-0.3, -0.25) is 0 Å². The highest BCUT2D eigenvalue weighted by molar-refractivity contribution is 7.99. The molecule has 0 aliphatic rings. The number of aromatic nitrogens is 3. The number of hydrogen-bond donors (Lipinski definition) is 1. The minimum atomic E-state index is -0.601. The van der Waals surface area contributed by atoms with Gasteiger partial charge in [0.2, 0.25) is 0 Å². The van der Waals surface area contributed by atoms with E-state index in [9.17, 15) is 5.11 Å². The molecule has 0 radical (unpaired) electrons. The van der Waals surface area contributed by atoms with Crippen molar-refractivity contribution in [1.82, 2.24) is 14.8 Å². The Bertz CT molecular complexity index is 1050. The van der Waals surface area contributed by atoms with Gasteiger partial charge in [0.25, 0.3) is 0 Å². The molecule has 1 atom stereocenters. The van der Waals surface area contributed by atoms with Gasteiger partial charge >= 0.3 is 0 Å². The third-order valence-corrected chi connectivity index (χ3v) is 6.56. The number of hydrogen-bond acceptors (Lipinski definition) is 6. The molecule has 4 rings (SSSR count). The summed E-state index contributed by atoms with van der Waals surface area (Å²) in [7, 11) is 0. The van der Waals surface area contributed by atoms with Gasteiger partial charge in [-0.25, -0.2) is 0 Å². The number of aliphatic hydroxyl groups is 1. The van der Waals surface area contributed by atoms with Crippen LogP contribution in [-0.4, -0.2) is 38.3 Å². The first kappa shape index (κ1) is 20.7. The topological polar surface area (TPSA) is 60.2 Å². The molecule has 0 saturated heterocycles. The third-order valence-electron chi connectivity index (χ3n) is 4.58. The number of ether oxygens (including phenoxy) is 1. The van der Waals surface area contributed by atoms with Crippen molar-refractivity contribution in [3.05, 3.63) is 72.1 Å². The maximum Gasteiger partial charge on any atom is 0.191 e. The Labute approximate surface area is 184 Å². The van der Waals surface area contributed by atoms with Crippen LogP contribution in [0, 0.1) is 0 Å². The molecule has 0 bridgehead atoms. The lowest BCUT2D eigenvalue weighted by Gasteiger charge is -2.13. The monoisotopic (exact) mass is 437 g/mol. The molecular formula is C23H23N3O2S2.